The number of benzene rings is 2. The van der Waals surface area contributed by atoms with Crippen LogP contribution in [0.5, 0.6) is 11.5 Å². The molecule has 1 unspecified atom stereocenters. The Morgan fingerprint density at radius 3 is 2.32 bits per heavy atom. The minimum absolute atomic E-state index is 0.0392. The number of nitrogens with one attached hydrogen (secondary N) is 1. The van der Waals surface area contributed by atoms with Crippen molar-refractivity contribution in [2.75, 3.05) is 5.32 Å². The summed E-state index contributed by atoms with van der Waals surface area (Å²) in [6, 6.07) is 10.8. The van der Waals surface area contributed by atoms with Gasteiger partial charge in [-0.15, -0.1) is 0 Å². The number of phenols is 2. The number of anilines is 1. The lowest BCUT2D eigenvalue weighted by molar-refractivity contribution is 0.444. The van der Waals surface area contributed by atoms with Gasteiger partial charge in [-0.25, -0.2) is 0 Å². The Kier molecular flexibility index (Phi) is 3.65. The van der Waals surface area contributed by atoms with Crippen LogP contribution in [0, 0.1) is 13.8 Å². The summed E-state index contributed by atoms with van der Waals surface area (Å²) in [7, 11) is 0. The lowest BCUT2D eigenvalue weighted by Gasteiger charge is -2.18. The maximum Gasteiger partial charge on any atom is 0.124 e. The number of aryl methyl sites for hydroxylation is 2. The van der Waals surface area contributed by atoms with Crippen LogP contribution in [0.1, 0.15) is 29.7 Å². The molecule has 0 aliphatic rings. The van der Waals surface area contributed by atoms with Crippen molar-refractivity contribution < 1.29 is 10.2 Å². The first-order valence-corrected chi connectivity index (χ1v) is 6.33. The van der Waals surface area contributed by atoms with E-state index in [1.54, 1.807) is 12.1 Å². The summed E-state index contributed by atoms with van der Waals surface area (Å²) >= 11 is 0. The first kappa shape index (κ1) is 13.3. The minimum atomic E-state index is -0.0392. The van der Waals surface area contributed by atoms with Gasteiger partial charge in [0, 0.05) is 17.3 Å². The molecule has 19 heavy (non-hydrogen) atoms. The van der Waals surface area contributed by atoms with Gasteiger partial charge < -0.3 is 15.5 Å². The standard InChI is InChI=1S/C16H19NO2/c1-10-4-5-13(8-11(10)2)17-12(3)15-7-6-14(18)9-16(15)19/h4-9,12,17-19H,1-3H3. The van der Waals surface area contributed by atoms with Crippen LogP contribution in [-0.2, 0) is 0 Å². The molecule has 0 bridgehead atoms. The Morgan fingerprint density at radius 1 is 0.947 bits per heavy atom. The third kappa shape index (κ3) is 2.99. The summed E-state index contributed by atoms with van der Waals surface area (Å²) < 4.78 is 0. The molecule has 1 atom stereocenters. The van der Waals surface area contributed by atoms with Crippen molar-refractivity contribution in [3.8, 4) is 11.5 Å². The summed E-state index contributed by atoms with van der Waals surface area (Å²) in [6.07, 6.45) is 0. The van der Waals surface area contributed by atoms with E-state index in [-0.39, 0.29) is 17.5 Å². The van der Waals surface area contributed by atoms with Gasteiger partial charge in [0.05, 0.1) is 6.04 Å². The van der Waals surface area contributed by atoms with E-state index < -0.39 is 0 Å². The fraction of sp³-hybridized carbons (Fsp3) is 0.250. The fourth-order valence-electron chi connectivity index (χ4n) is 2.06. The molecule has 3 nitrogen and oxygen atoms in total. The van der Waals surface area contributed by atoms with E-state index >= 15 is 0 Å². The van der Waals surface area contributed by atoms with Crippen molar-refractivity contribution in [2.24, 2.45) is 0 Å². The molecule has 2 aromatic carbocycles. The minimum Gasteiger partial charge on any atom is -0.508 e. The molecule has 100 valence electrons. The Balaban J connectivity index is 2.20. The summed E-state index contributed by atoms with van der Waals surface area (Å²) in [6.45, 7) is 6.12. The molecule has 0 amide bonds. The zero-order chi connectivity index (χ0) is 14.0. The van der Waals surface area contributed by atoms with Gasteiger partial charge >= 0.3 is 0 Å². The van der Waals surface area contributed by atoms with Gasteiger partial charge in [-0.1, -0.05) is 6.07 Å². The van der Waals surface area contributed by atoms with Crippen LogP contribution in [0.2, 0.25) is 0 Å². The summed E-state index contributed by atoms with van der Waals surface area (Å²) in [5.74, 6) is 0.170. The highest BCUT2D eigenvalue weighted by atomic mass is 16.3. The molecule has 0 aromatic heterocycles. The van der Waals surface area contributed by atoms with Crippen molar-refractivity contribution in [1.82, 2.24) is 0 Å². The second-order valence-electron chi connectivity index (χ2n) is 4.91. The highest BCUT2D eigenvalue weighted by Crippen LogP contribution is 2.30. The molecule has 0 radical (unpaired) electrons. The normalized spacial score (nSPS) is 12.2. The monoisotopic (exact) mass is 257 g/mol. The maximum absolute atomic E-state index is 9.84. The van der Waals surface area contributed by atoms with Crippen molar-refractivity contribution >= 4 is 5.69 Å². The number of phenolic OH excluding ortho intramolecular Hbond substituents is 2. The number of hydrogen-bond acceptors (Lipinski definition) is 3. The highest BCUT2D eigenvalue weighted by molar-refractivity contribution is 5.51. The third-order valence-electron chi connectivity index (χ3n) is 3.37. The molecular weight excluding hydrogens is 238 g/mol. The second kappa shape index (κ2) is 5.22. The fourth-order valence-corrected chi connectivity index (χ4v) is 2.06. The van der Waals surface area contributed by atoms with E-state index in [9.17, 15) is 10.2 Å². The molecule has 0 heterocycles. The van der Waals surface area contributed by atoms with Crippen LogP contribution < -0.4 is 5.32 Å². The van der Waals surface area contributed by atoms with Crippen LogP contribution >= 0.6 is 0 Å². The zero-order valence-corrected chi connectivity index (χ0v) is 11.4. The number of hydrogen-bond donors (Lipinski definition) is 3. The summed E-state index contributed by atoms with van der Waals surface area (Å²) in [4.78, 5) is 0. The van der Waals surface area contributed by atoms with Gasteiger partial charge in [-0.05, 0) is 56.2 Å². The number of rotatable bonds is 3. The van der Waals surface area contributed by atoms with Gasteiger partial charge in [-0.3, -0.25) is 0 Å². The average Bonchev–Trinajstić information content (AvgIpc) is 2.33. The molecular formula is C16H19NO2. The summed E-state index contributed by atoms with van der Waals surface area (Å²) in [5.41, 5.74) is 4.26. The lowest BCUT2D eigenvalue weighted by atomic mass is 10.1. The largest absolute Gasteiger partial charge is 0.508 e. The predicted octanol–water partition coefficient (Wildman–Crippen LogP) is 3.89. The molecule has 0 saturated carbocycles. The first-order valence-electron chi connectivity index (χ1n) is 6.33. The highest BCUT2D eigenvalue weighted by Gasteiger charge is 2.11. The van der Waals surface area contributed by atoms with Crippen molar-refractivity contribution in [3.63, 3.8) is 0 Å². The van der Waals surface area contributed by atoms with Crippen LogP contribution in [0.3, 0.4) is 0 Å². The smallest absolute Gasteiger partial charge is 0.124 e. The van der Waals surface area contributed by atoms with Gasteiger partial charge in [-0.2, -0.15) is 0 Å². The molecule has 0 spiro atoms. The van der Waals surface area contributed by atoms with E-state index in [1.165, 1.54) is 17.2 Å². The Hall–Kier alpha value is -2.16. The Morgan fingerprint density at radius 2 is 1.68 bits per heavy atom. The molecule has 3 heteroatoms. The average molecular weight is 257 g/mol. The number of aromatic hydroxyl groups is 2. The first-order chi connectivity index (χ1) is 8.97. The third-order valence-corrected chi connectivity index (χ3v) is 3.37. The van der Waals surface area contributed by atoms with E-state index in [1.807, 2.05) is 13.0 Å². The molecule has 2 aromatic rings. The SMILES string of the molecule is Cc1ccc(NC(C)c2ccc(O)cc2O)cc1C. The van der Waals surface area contributed by atoms with Crippen molar-refractivity contribution in [1.29, 1.82) is 0 Å². The molecule has 3 N–H and O–H groups in total. The van der Waals surface area contributed by atoms with E-state index in [0.717, 1.165) is 11.3 Å². The molecule has 0 aliphatic heterocycles. The van der Waals surface area contributed by atoms with Crippen LogP contribution in [0.15, 0.2) is 36.4 Å². The van der Waals surface area contributed by atoms with Crippen molar-refractivity contribution in [2.45, 2.75) is 26.8 Å². The quantitative estimate of drug-likeness (QED) is 0.782. The van der Waals surface area contributed by atoms with Gasteiger partial charge in [0.25, 0.3) is 0 Å². The Bertz CT molecular complexity index is 593. The molecule has 0 aliphatic carbocycles. The van der Waals surface area contributed by atoms with E-state index in [2.05, 4.69) is 31.3 Å². The molecule has 0 saturated heterocycles. The molecule has 2 rings (SSSR count). The van der Waals surface area contributed by atoms with Crippen molar-refractivity contribution in [3.05, 3.63) is 53.1 Å². The molecule has 0 fully saturated rings. The predicted molar refractivity (Wildman–Crippen MR) is 77.7 cm³/mol. The summed E-state index contributed by atoms with van der Waals surface area (Å²) in [5, 5.41) is 22.5. The maximum atomic E-state index is 9.84. The van der Waals surface area contributed by atoms with Gasteiger partial charge in [0.2, 0.25) is 0 Å². The van der Waals surface area contributed by atoms with Gasteiger partial charge in [0.15, 0.2) is 0 Å². The van der Waals surface area contributed by atoms with E-state index in [0.29, 0.717) is 0 Å². The zero-order valence-electron chi connectivity index (χ0n) is 11.4. The lowest BCUT2D eigenvalue weighted by Crippen LogP contribution is -2.07. The Labute approximate surface area is 113 Å². The van der Waals surface area contributed by atoms with Crippen LogP contribution in [-0.4, -0.2) is 10.2 Å². The topological polar surface area (TPSA) is 52.5 Å². The second-order valence-corrected chi connectivity index (χ2v) is 4.91. The van der Waals surface area contributed by atoms with E-state index in [4.69, 9.17) is 0 Å². The van der Waals surface area contributed by atoms with Crippen LogP contribution in [0.4, 0.5) is 5.69 Å². The van der Waals surface area contributed by atoms with Gasteiger partial charge in [0.1, 0.15) is 11.5 Å². The van der Waals surface area contributed by atoms with Crippen LogP contribution in [0.25, 0.3) is 0 Å².